The first-order chi connectivity index (χ1) is 26.0. The summed E-state index contributed by atoms with van der Waals surface area (Å²) in [5.74, 6) is -0.530. The van der Waals surface area contributed by atoms with Crippen LogP contribution in [-0.2, 0) is 14.3 Å². The highest BCUT2D eigenvalue weighted by molar-refractivity contribution is 5.77. The summed E-state index contributed by atoms with van der Waals surface area (Å²) in [4.78, 5) is 25.9. The molecule has 0 rings (SSSR count). The lowest BCUT2D eigenvalue weighted by Crippen LogP contribution is -2.46. The highest BCUT2D eigenvalue weighted by Gasteiger charge is 2.24. The molecule has 3 unspecified atom stereocenters. The number of unbranched alkanes of at least 4 members (excludes halogenated alkanes) is 19. The number of aliphatic hydroxyl groups excluding tert-OH is 2. The second-order valence-corrected chi connectivity index (χ2v) is 15.1. The maximum Gasteiger partial charge on any atom is 0.306 e. The van der Waals surface area contributed by atoms with Crippen molar-refractivity contribution < 1.29 is 24.5 Å². The highest BCUT2D eigenvalue weighted by Crippen LogP contribution is 2.16. The normalized spacial score (nSPS) is 13.8. The van der Waals surface area contributed by atoms with Crippen LogP contribution in [0, 0.1) is 0 Å². The molecule has 1 amide bonds. The van der Waals surface area contributed by atoms with Crippen LogP contribution in [0.5, 0.6) is 0 Å². The second-order valence-electron chi connectivity index (χ2n) is 15.1. The van der Waals surface area contributed by atoms with Crippen LogP contribution in [0.3, 0.4) is 0 Å². The number of nitrogens with one attached hydrogen (secondary N) is 1. The number of ether oxygens (including phenoxy) is 1. The Morgan fingerprint density at radius 3 is 1.51 bits per heavy atom. The van der Waals surface area contributed by atoms with Crippen LogP contribution < -0.4 is 5.32 Å². The van der Waals surface area contributed by atoms with Gasteiger partial charge in [-0.05, 0) is 57.8 Å². The molecule has 0 aromatic heterocycles. The summed E-state index contributed by atoms with van der Waals surface area (Å²) in [6.45, 7) is 6.31. The molecule has 0 saturated carbocycles. The maximum absolute atomic E-state index is 13.1. The zero-order chi connectivity index (χ0) is 38.9. The first-order valence-electron chi connectivity index (χ1n) is 22.4. The number of carbonyl (C=O) groups excluding carboxylic acids is 2. The number of allylic oxidation sites excluding steroid dienone is 8. The Bertz CT molecular complexity index is 926. The molecular weight excluding hydrogens is 659 g/mol. The van der Waals surface area contributed by atoms with Crippen LogP contribution >= 0.6 is 0 Å². The summed E-state index contributed by atoms with van der Waals surface area (Å²) >= 11 is 0. The topological polar surface area (TPSA) is 95.9 Å². The molecule has 6 heteroatoms. The standard InChI is InChI=1S/C47H85NO5/c1-4-7-10-13-16-19-21-22-23-25-27-29-32-35-38-43(53-47(52)40-37-34-31-28-24-20-17-14-11-8-5-2)41-46(51)48-44(42-49)45(50)39-36-33-30-26-18-15-12-9-6-3/h7,10,16,19,22-23,27,29,43-45,49-50H,4-6,8-9,11-15,17-18,20-21,24-26,28,30-42H2,1-3H3,(H,48,51)/b10-7+,19-16+,23-22+,29-27+. The van der Waals surface area contributed by atoms with E-state index in [1.807, 2.05) is 0 Å². The zero-order valence-electron chi connectivity index (χ0n) is 34.9. The van der Waals surface area contributed by atoms with E-state index < -0.39 is 18.2 Å². The Morgan fingerprint density at radius 2 is 1.02 bits per heavy atom. The minimum absolute atomic E-state index is 0.0411. The van der Waals surface area contributed by atoms with Gasteiger partial charge in [0.2, 0.25) is 5.91 Å². The van der Waals surface area contributed by atoms with Crippen LogP contribution in [0.15, 0.2) is 48.6 Å². The summed E-state index contributed by atoms with van der Waals surface area (Å²) in [5.41, 5.74) is 0. The van der Waals surface area contributed by atoms with Crippen LogP contribution in [-0.4, -0.2) is 46.9 Å². The van der Waals surface area contributed by atoms with Crippen molar-refractivity contribution in [1.82, 2.24) is 5.32 Å². The molecule has 0 spiro atoms. The molecule has 0 bridgehead atoms. The lowest BCUT2D eigenvalue weighted by atomic mass is 10.0. The summed E-state index contributed by atoms with van der Waals surface area (Å²) in [6.07, 6.45) is 47.5. The molecular formula is C47H85NO5. The van der Waals surface area contributed by atoms with Crippen molar-refractivity contribution >= 4 is 11.9 Å². The Morgan fingerprint density at radius 1 is 0.566 bits per heavy atom. The Kier molecular flexibility index (Phi) is 39.3. The molecule has 0 aromatic rings. The number of hydrogen-bond acceptors (Lipinski definition) is 5. The monoisotopic (exact) mass is 744 g/mol. The Hall–Kier alpha value is -2.18. The minimum atomic E-state index is -0.797. The lowest BCUT2D eigenvalue weighted by molar-refractivity contribution is -0.151. The molecule has 6 nitrogen and oxygen atoms in total. The van der Waals surface area contributed by atoms with Crippen molar-refractivity contribution in [3.63, 3.8) is 0 Å². The number of carbonyl (C=O) groups is 2. The molecule has 0 aromatic carbocycles. The van der Waals surface area contributed by atoms with Gasteiger partial charge >= 0.3 is 5.97 Å². The third kappa shape index (κ3) is 36.6. The molecule has 0 radical (unpaired) electrons. The van der Waals surface area contributed by atoms with Gasteiger partial charge in [-0.3, -0.25) is 9.59 Å². The van der Waals surface area contributed by atoms with Gasteiger partial charge in [-0.25, -0.2) is 0 Å². The number of aliphatic hydroxyl groups is 2. The molecule has 0 fully saturated rings. The van der Waals surface area contributed by atoms with E-state index in [4.69, 9.17) is 4.74 Å². The fourth-order valence-corrected chi connectivity index (χ4v) is 6.54. The fraction of sp³-hybridized carbons (Fsp3) is 0.787. The number of esters is 1. The largest absolute Gasteiger partial charge is 0.462 e. The third-order valence-corrected chi connectivity index (χ3v) is 9.92. The van der Waals surface area contributed by atoms with Gasteiger partial charge in [0.05, 0.1) is 25.2 Å². The highest BCUT2D eigenvalue weighted by atomic mass is 16.5. The summed E-state index contributed by atoms with van der Waals surface area (Å²) in [5, 5.41) is 23.5. The quantitative estimate of drug-likeness (QED) is 0.0331. The smallest absolute Gasteiger partial charge is 0.306 e. The molecule has 0 aliphatic rings. The van der Waals surface area contributed by atoms with E-state index in [0.717, 1.165) is 77.0 Å². The van der Waals surface area contributed by atoms with E-state index in [1.165, 1.54) is 89.9 Å². The zero-order valence-corrected chi connectivity index (χ0v) is 34.9. The van der Waals surface area contributed by atoms with Crippen molar-refractivity contribution in [3.05, 3.63) is 48.6 Å². The predicted molar refractivity (Wildman–Crippen MR) is 227 cm³/mol. The van der Waals surface area contributed by atoms with Crippen molar-refractivity contribution in [2.45, 2.75) is 232 Å². The van der Waals surface area contributed by atoms with Crippen LogP contribution in [0.1, 0.15) is 213 Å². The molecule has 0 heterocycles. The summed E-state index contributed by atoms with van der Waals surface area (Å²) in [7, 11) is 0. The van der Waals surface area contributed by atoms with E-state index in [2.05, 4.69) is 74.7 Å². The maximum atomic E-state index is 13.1. The molecule has 308 valence electrons. The van der Waals surface area contributed by atoms with Crippen molar-refractivity contribution in [3.8, 4) is 0 Å². The SMILES string of the molecule is CC/C=C/C/C=C/C/C=C/C/C=C/CCCC(CC(=O)NC(CO)C(O)CCCCCCCCCCC)OC(=O)CCCCCCCCCCCCC. The molecule has 0 saturated heterocycles. The molecule has 3 atom stereocenters. The van der Waals surface area contributed by atoms with Gasteiger partial charge in [0.25, 0.3) is 0 Å². The van der Waals surface area contributed by atoms with Gasteiger partial charge < -0.3 is 20.3 Å². The average Bonchev–Trinajstić information content (AvgIpc) is 3.15. The molecule has 53 heavy (non-hydrogen) atoms. The van der Waals surface area contributed by atoms with Crippen molar-refractivity contribution in [2.75, 3.05) is 6.61 Å². The van der Waals surface area contributed by atoms with Crippen LogP contribution in [0.25, 0.3) is 0 Å². The van der Waals surface area contributed by atoms with E-state index in [0.29, 0.717) is 19.3 Å². The van der Waals surface area contributed by atoms with E-state index in [-0.39, 0.29) is 24.9 Å². The van der Waals surface area contributed by atoms with Gasteiger partial charge in [0, 0.05) is 6.42 Å². The van der Waals surface area contributed by atoms with Gasteiger partial charge in [-0.1, -0.05) is 191 Å². The summed E-state index contributed by atoms with van der Waals surface area (Å²) < 4.78 is 5.86. The first kappa shape index (κ1) is 50.8. The molecule has 3 N–H and O–H groups in total. The predicted octanol–water partition coefficient (Wildman–Crippen LogP) is 12.7. The first-order valence-corrected chi connectivity index (χ1v) is 22.4. The van der Waals surface area contributed by atoms with Crippen LogP contribution in [0.2, 0.25) is 0 Å². The fourth-order valence-electron chi connectivity index (χ4n) is 6.54. The Balaban J connectivity index is 4.71. The van der Waals surface area contributed by atoms with E-state index >= 15 is 0 Å². The molecule has 0 aliphatic heterocycles. The third-order valence-electron chi connectivity index (χ3n) is 9.92. The van der Waals surface area contributed by atoms with Crippen LogP contribution in [0.4, 0.5) is 0 Å². The van der Waals surface area contributed by atoms with Gasteiger partial charge in [0.1, 0.15) is 6.10 Å². The van der Waals surface area contributed by atoms with Gasteiger partial charge in [0.15, 0.2) is 0 Å². The lowest BCUT2D eigenvalue weighted by Gasteiger charge is -2.24. The van der Waals surface area contributed by atoms with Crippen molar-refractivity contribution in [1.29, 1.82) is 0 Å². The van der Waals surface area contributed by atoms with E-state index in [1.54, 1.807) is 0 Å². The average molecular weight is 744 g/mol. The summed E-state index contributed by atoms with van der Waals surface area (Å²) in [6, 6.07) is -0.714. The number of amides is 1. The number of hydrogen-bond donors (Lipinski definition) is 3. The van der Waals surface area contributed by atoms with Gasteiger partial charge in [-0.15, -0.1) is 0 Å². The van der Waals surface area contributed by atoms with Gasteiger partial charge in [-0.2, -0.15) is 0 Å². The molecule has 0 aliphatic carbocycles. The minimum Gasteiger partial charge on any atom is -0.462 e. The van der Waals surface area contributed by atoms with Crippen molar-refractivity contribution in [2.24, 2.45) is 0 Å². The van der Waals surface area contributed by atoms with E-state index in [9.17, 15) is 19.8 Å². The Labute approximate surface area is 327 Å². The number of rotatable bonds is 39. The second kappa shape index (κ2) is 41.0.